The molecule has 4 heteroatoms. The van der Waals surface area contributed by atoms with Gasteiger partial charge in [-0.25, -0.2) is 0 Å². The molecule has 0 fully saturated rings. The number of hydrogen-bond acceptors (Lipinski definition) is 3. The quantitative estimate of drug-likeness (QED) is 0.0542. The van der Waals surface area contributed by atoms with Crippen molar-refractivity contribution in [3.05, 3.63) is 180 Å². The van der Waals surface area contributed by atoms with Gasteiger partial charge in [0.2, 0.25) is 0 Å². The Labute approximate surface area is 293 Å². The van der Waals surface area contributed by atoms with E-state index in [1.54, 1.807) is 0 Å². The molecule has 0 aliphatic carbocycles. The highest BCUT2D eigenvalue weighted by atomic mass is 15.1. The topological polar surface area (TPSA) is 94.7 Å². The summed E-state index contributed by atoms with van der Waals surface area (Å²) in [6.07, 6.45) is 10.5. The van der Waals surface area contributed by atoms with Crippen LogP contribution in [0.3, 0.4) is 0 Å². The molecule has 0 aliphatic rings. The molecule has 0 bridgehead atoms. The molecule has 246 valence electrons. The summed E-state index contributed by atoms with van der Waals surface area (Å²) in [5, 5.41) is 12.0. The molecule has 0 saturated heterocycles. The number of rotatable bonds is 9. The monoisotopic (exact) mass is 651 g/mol. The molecule has 1 atom stereocenters. The minimum atomic E-state index is -0.508. The highest BCUT2D eigenvalue weighted by molar-refractivity contribution is 6.12. The van der Waals surface area contributed by atoms with Crippen LogP contribution in [0.2, 0.25) is 0 Å². The molecule has 0 heterocycles. The first kappa shape index (κ1) is 32.6. The molecule has 7 aromatic rings. The Kier molecular flexibility index (Phi) is 9.30. The summed E-state index contributed by atoms with van der Waals surface area (Å²) in [5.41, 5.74) is 27.8. The summed E-state index contributed by atoms with van der Waals surface area (Å²) in [7, 11) is 0. The van der Waals surface area contributed by atoms with E-state index in [0.717, 1.165) is 40.1 Å². The third-order valence-electron chi connectivity index (χ3n) is 9.63. The van der Waals surface area contributed by atoms with Gasteiger partial charge in [-0.05, 0) is 110 Å². The first-order chi connectivity index (χ1) is 24.4. The zero-order valence-electron chi connectivity index (χ0n) is 28.6. The Morgan fingerprint density at radius 2 is 1.26 bits per heavy atom. The van der Waals surface area contributed by atoms with E-state index < -0.39 is 6.17 Å². The molecule has 0 amide bonds. The number of allylic oxidation sites excluding steroid dienone is 5. The van der Waals surface area contributed by atoms with Gasteiger partial charge in [0.25, 0.3) is 0 Å². The van der Waals surface area contributed by atoms with Crippen LogP contribution in [0.4, 0.5) is 5.69 Å². The largest absolute Gasteiger partial charge is 0.398 e. The number of anilines is 1. The molecule has 0 spiro atoms. The minimum absolute atomic E-state index is 0.508. The lowest BCUT2D eigenvalue weighted by molar-refractivity contribution is -0.592. The molecular weight excluding hydrogens is 609 g/mol. The van der Waals surface area contributed by atoms with Crippen molar-refractivity contribution in [2.75, 3.05) is 5.73 Å². The lowest BCUT2D eigenvalue weighted by Gasteiger charge is -2.17. The molecule has 7 rings (SSSR count). The second-order valence-electron chi connectivity index (χ2n) is 12.9. The zero-order chi connectivity index (χ0) is 34.6. The van der Waals surface area contributed by atoms with Crippen LogP contribution in [0.15, 0.2) is 157 Å². The summed E-state index contributed by atoms with van der Waals surface area (Å²) >= 11 is 0. The van der Waals surface area contributed by atoms with Gasteiger partial charge in [0, 0.05) is 11.3 Å². The van der Waals surface area contributed by atoms with Crippen molar-refractivity contribution in [2.24, 2.45) is 11.5 Å². The van der Waals surface area contributed by atoms with Crippen molar-refractivity contribution >= 4 is 66.1 Å². The molecule has 0 radical (unpaired) electrons. The maximum absolute atomic E-state index is 6.90. The van der Waals surface area contributed by atoms with Gasteiger partial charge in [-0.1, -0.05) is 133 Å². The van der Waals surface area contributed by atoms with E-state index in [1.165, 1.54) is 48.7 Å². The van der Waals surface area contributed by atoms with Crippen LogP contribution in [-0.4, -0.2) is 6.17 Å². The van der Waals surface area contributed by atoms with E-state index in [1.807, 2.05) is 43.4 Å². The fourth-order valence-electron chi connectivity index (χ4n) is 6.95. The Morgan fingerprint density at radius 3 is 1.92 bits per heavy atom. The summed E-state index contributed by atoms with van der Waals surface area (Å²) in [4.78, 5) is 0. The van der Waals surface area contributed by atoms with Crippen LogP contribution >= 0.6 is 0 Å². The van der Waals surface area contributed by atoms with Gasteiger partial charge < -0.3 is 11.5 Å². The molecule has 1 unspecified atom stereocenters. The van der Waals surface area contributed by atoms with Gasteiger partial charge >= 0.3 is 0 Å². The van der Waals surface area contributed by atoms with Crippen molar-refractivity contribution in [1.82, 2.24) is 0 Å². The van der Waals surface area contributed by atoms with E-state index >= 15 is 0 Å². The first-order valence-corrected chi connectivity index (χ1v) is 17.2. The molecule has 50 heavy (non-hydrogen) atoms. The minimum Gasteiger partial charge on any atom is -0.398 e. The summed E-state index contributed by atoms with van der Waals surface area (Å²) in [5.74, 6) is 0. The third-order valence-corrected chi connectivity index (χ3v) is 9.63. The standard InChI is InChI=1S/C46H42N4/c1-3-12-31-22-23-32(29-44(31)48)30(2)21-25-43(47)46(49)50-45(42-28-34-14-5-7-16-37(34)40-19-10-11-20-41(40)42)26-24-35-27-33-13-4-6-15-36(33)39-18-9-8-17-38(35)39/h3-23,25-29,46,50H,24,47-49H2,1-2H3/p+1/b12-3-,30-21+,43-25-,45-26-. The van der Waals surface area contributed by atoms with Crippen molar-refractivity contribution in [1.29, 1.82) is 0 Å². The van der Waals surface area contributed by atoms with E-state index in [0.29, 0.717) is 5.70 Å². The SMILES string of the molecule is C/C=C\c1ccc(/C(C)=C/C=C(\N)C(N)[NH2+]/C(=C\Cc2cc3ccccc3c3ccccc23)c2cc3ccccc3c3ccccc23)cc1N. The average Bonchev–Trinajstić information content (AvgIpc) is 3.15. The molecule has 4 nitrogen and oxygen atoms in total. The summed E-state index contributed by atoms with van der Waals surface area (Å²) in [6, 6.07) is 45.2. The normalized spacial score (nSPS) is 13.6. The molecule has 0 aromatic heterocycles. The zero-order valence-corrected chi connectivity index (χ0v) is 28.6. The molecule has 8 N–H and O–H groups in total. The van der Waals surface area contributed by atoms with Gasteiger partial charge in [-0.3, -0.25) is 11.1 Å². The maximum Gasteiger partial charge on any atom is 0.182 e. The number of hydrogen-bond donors (Lipinski definition) is 4. The van der Waals surface area contributed by atoms with Crippen LogP contribution in [0.5, 0.6) is 0 Å². The van der Waals surface area contributed by atoms with Crippen LogP contribution in [0.1, 0.15) is 36.1 Å². The summed E-state index contributed by atoms with van der Waals surface area (Å²) < 4.78 is 0. The fraction of sp³-hybridized carbons (Fsp3) is 0.0870. The Hall–Kier alpha value is -5.94. The number of quaternary nitrogens is 1. The van der Waals surface area contributed by atoms with Gasteiger partial charge in [0.15, 0.2) is 6.17 Å². The van der Waals surface area contributed by atoms with Gasteiger partial charge in [0.05, 0.1) is 5.70 Å². The second-order valence-corrected chi connectivity index (χ2v) is 12.9. The Morgan fingerprint density at radius 1 is 0.680 bits per heavy atom. The van der Waals surface area contributed by atoms with Crippen LogP contribution in [0, 0.1) is 0 Å². The molecule has 7 aromatic carbocycles. The molecule has 0 aliphatic heterocycles. The number of nitrogen functional groups attached to an aromatic ring is 1. The van der Waals surface area contributed by atoms with Crippen LogP contribution in [0.25, 0.3) is 60.4 Å². The van der Waals surface area contributed by atoms with Crippen LogP contribution < -0.4 is 22.5 Å². The lowest BCUT2D eigenvalue weighted by atomic mass is 9.93. The van der Waals surface area contributed by atoms with Crippen molar-refractivity contribution in [3.8, 4) is 0 Å². The predicted molar refractivity (Wildman–Crippen MR) is 216 cm³/mol. The lowest BCUT2D eigenvalue weighted by Crippen LogP contribution is -2.91. The third kappa shape index (κ3) is 6.55. The Bertz CT molecular complexity index is 2500. The fourth-order valence-corrected chi connectivity index (χ4v) is 6.95. The van der Waals surface area contributed by atoms with E-state index in [4.69, 9.17) is 17.2 Å². The van der Waals surface area contributed by atoms with Gasteiger partial charge in [-0.15, -0.1) is 0 Å². The van der Waals surface area contributed by atoms with Crippen LogP contribution in [-0.2, 0) is 6.42 Å². The maximum atomic E-state index is 6.90. The van der Waals surface area contributed by atoms with Crippen molar-refractivity contribution in [3.63, 3.8) is 0 Å². The number of fused-ring (bicyclic) bond motifs is 6. The molecular formula is C46H43N4+. The second kappa shape index (κ2) is 14.3. The highest BCUT2D eigenvalue weighted by Crippen LogP contribution is 2.33. The average molecular weight is 652 g/mol. The van der Waals surface area contributed by atoms with Gasteiger partial charge in [0.1, 0.15) is 5.70 Å². The molecule has 0 saturated carbocycles. The smallest absolute Gasteiger partial charge is 0.182 e. The highest BCUT2D eigenvalue weighted by Gasteiger charge is 2.19. The van der Waals surface area contributed by atoms with Gasteiger partial charge in [-0.2, -0.15) is 0 Å². The predicted octanol–water partition coefficient (Wildman–Crippen LogP) is 9.29. The number of benzene rings is 7. The van der Waals surface area contributed by atoms with E-state index in [2.05, 4.69) is 134 Å². The van der Waals surface area contributed by atoms with Crippen molar-refractivity contribution in [2.45, 2.75) is 26.4 Å². The first-order valence-electron chi connectivity index (χ1n) is 17.2. The van der Waals surface area contributed by atoms with E-state index in [-0.39, 0.29) is 0 Å². The summed E-state index contributed by atoms with van der Waals surface area (Å²) in [6.45, 7) is 4.05. The number of nitrogens with two attached hydrogens (primary N) is 4. The Balaban J connectivity index is 1.29. The van der Waals surface area contributed by atoms with E-state index in [9.17, 15) is 0 Å². The van der Waals surface area contributed by atoms with Crippen molar-refractivity contribution < 1.29 is 5.32 Å².